The summed E-state index contributed by atoms with van der Waals surface area (Å²) < 4.78 is 33.7. The first kappa shape index (κ1) is 23.7. The van der Waals surface area contributed by atoms with Crippen molar-refractivity contribution in [1.82, 2.24) is 10.2 Å². The number of para-hydroxylation sites is 2. The molecule has 0 unspecified atom stereocenters. The lowest BCUT2D eigenvalue weighted by atomic mass is 10.1. The molecule has 2 aromatic carbocycles. The maximum Gasteiger partial charge on any atom is 0.262 e. The third-order valence-electron chi connectivity index (χ3n) is 4.91. The number of benzene rings is 2. The second-order valence-corrected chi connectivity index (χ2v) is 8.92. The fourth-order valence-electron chi connectivity index (χ4n) is 3.16. The number of methoxy groups -OCH3 is 1. The summed E-state index contributed by atoms with van der Waals surface area (Å²) in [4.78, 5) is 14.9. The summed E-state index contributed by atoms with van der Waals surface area (Å²) >= 11 is 0. The molecule has 8 heteroatoms. The van der Waals surface area contributed by atoms with Crippen molar-refractivity contribution in [3.05, 3.63) is 53.6 Å². The lowest BCUT2D eigenvalue weighted by Crippen LogP contribution is -2.38. The van der Waals surface area contributed by atoms with Gasteiger partial charge in [-0.1, -0.05) is 25.1 Å². The minimum absolute atomic E-state index is 0.0541. The molecule has 0 aliphatic carbocycles. The monoisotopic (exact) mass is 433 g/mol. The van der Waals surface area contributed by atoms with E-state index < -0.39 is 10.0 Å². The summed E-state index contributed by atoms with van der Waals surface area (Å²) in [6.07, 6.45) is 0. The molecule has 7 nitrogen and oxygen atoms in total. The zero-order valence-corrected chi connectivity index (χ0v) is 19.0. The fourth-order valence-corrected chi connectivity index (χ4v) is 4.50. The summed E-state index contributed by atoms with van der Waals surface area (Å²) in [6.45, 7) is 10.1. The molecule has 0 aliphatic rings. The van der Waals surface area contributed by atoms with Gasteiger partial charge in [0.2, 0.25) is 0 Å². The molecule has 2 N–H and O–H groups in total. The number of carbonyl (C=O) groups excluding carboxylic acids is 1. The number of carbonyl (C=O) groups is 1. The van der Waals surface area contributed by atoms with Crippen molar-refractivity contribution in [3.63, 3.8) is 0 Å². The predicted octanol–water partition coefficient (Wildman–Crippen LogP) is 3.26. The van der Waals surface area contributed by atoms with Gasteiger partial charge in [0.1, 0.15) is 5.75 Å². The first-order chi connectivity index (χ1) is 14.2. The standard InChI is InChI=1S/C22H31N3O4S/c1-6-25(16(2)3)14-13-23-22(26)18-12-11-17(4)21(15-18)30(27,28)24-19-9-7-8-10-20(19)29-5/h7-12,15-16,24H,6,13-14H2,1-5H3,(H,23,26). The van der Waals surface area contributed by atoms with Crippen LogP contribution < -0.4 is 14.8 Å². The smallest absolute Gasteiger partial charge is 0.262 e. The molecule has 2 aromatic rings. The largest absolute Gasteiger partial charge is 0.495 e. The van der Waals surface area contributed by atoms with Crippen LogP contribution in [-0.4, -0.2) is 52.0 Å². The lowest BCUT2D eigenvalue weighted by Gasteiger charge is -2.24. The maximum atomic E-state index is 13.0. The molecule has 0 fully saturated rings. The number of nitrogens with one attached hydrogen (secondary N) is 2. The molecule has 0 spiro atoms. The summed E-state index contributed by atoms with van der Waals surface area (Å²) in [7, 11) is -2.43. The number of amides is 1. The zero-order chi connectivity index (χ0) is 22.3. The molecule has 30 heavy (non-hydrogen) atoms. The van der Waals surface area contributed by atoms with Crippen molar-refractivity contribution < 1.29 is 17.9 Å². The molecule has 0 atom stereocenters. The molecule has 2 rings (SSSR count). The van der Waals surface area contributed by atoms with Gasteiger partial charge < -0.3 is 10.1 Å². The van der Waals surface area contributed by atoms with E-state index in [1.165, 1.54) is 13.2 Å². The van der Waals surface area contributed by atoms with Crippen LogP contribution in [0.5, 0.6) is 5.75 Å². The Hall–Kier alpha value is -2.58. The van der Waals surface area contributed by atoms with Crippen molar-refractivity contribution >= 4 is 21.6 Å². The molecule has 0 heterocycles. The Labute approximate surface area is 179 Å². The molecule has 164 valence electrons. The van der Waals surface area contributed by atoms with E-state index in [0.29, 0.717) is 35.2 Å². The van der Waals surface area contributed by atoms with Gasteiger partial charge in [0, 0.05) is 24.7 Å². The van der Waals surface area contributed by atoms with Gasteiger partial charge in [0.25, 0.3) is 15.9 Å². The molecular weight excluding hydrogens is 402 g/mol. The minimum atomic E-state index is -3.90. The van der Waals surface area contributed by atoms with E-state index in [1.54, 1.807) is 43.3 Å². The highest BCUT2D eigenvalue weighted by Crippen LogP contribution is 2.27. The second kappa shape index (κ2) is 10.4. The zero-order valence-electron chi connectivity index (χ0n) is 18.2. The summed E-state index contributed by atoms with van der Waals surface area (Å²) in [5, 5.41) is 2.87. The SMILES string of the molecule is CCN(CCNC(=O)c1ccc(C)c(S(=O)(=O)Nc2ccccc2OC)c1)C(C)C. The third kappa shape index (κ3) is 5.96. The Bertz CT molecular complexity index is 974. The molecule has 1 amide bonds. The molecule has 0 saturated heterocycles. The molecule has 0 aliphatic heterocycles. The molecule has 0 aromatic heterocycles. The highest BCUT2D eigenvalue weighted by atomic mass is 32.2. The maximum absolute atomic E-state index is 13.0. The van der Waals surface area contributed by atoms with Crippen molar-refractivity contribution in [1.29, 1.82) is 0 Å². The van der Waals surface area contributed by atoms with Crippen LogP contribution >= 0.6 is 0 Å². The normalized spacial score (nSPS) is 11.6. The molecule has 0 radical (unpaired) electrons. The van der Waals surface area contributed by atoms with E-state index in [9.17, 15) is 13.2 Å². The Morgan fingerprint density at radius 1 is 1.17 bits per heavy atom. The van der Waals surface area contributed by atoms with Crippen LogP contribution in [0.2, 0.25) is 0 Å². The van der Waals surface area contributed by atoms with E-state index in [0.717, 1.165) is 13.1 Å². The Kier molecular flexibility index (Phi) is 8.25. The average Bonchev–Trinajstić information content (AvgIpc) is 2.71. The van der Waals surface area contributed by atoms with E-state index in [-0.39, 0.29) is 10.8 Å². The number of anilines is 1. The number of aryl methyl sites for hydroxylation is 1. The number of hydrogen-bond acceptors (Lipinski definition) is 5. The van der Waals surface area contributed by atoms with Crippen LogP contribution in [0.15, 0.2) is 47.4 Å². The van der Waals surface area contributed by atoms with E-state index in [2.05, 4.69) is 35.7 Å². The molecule has 0 saturated carbocycles. The number of likely N-dealkylation sites (N-methyl/N-ethyl adjacent to an activating group) is 1. The quantitative estimate of drug-likeness (QED) is 0.600. The number of rotatable bonds is 10. The van der Waals surface area contributed by atoms with E-state index in [1.807, 2.05) is 0 Å². The average molecular weight is 434 g/mol. The second-order valence-electron chi connectivity index (χ2n) is 7.26. The molecule has 0 bridgehead atoms. The van der Waals surface area contributed by atoms with Crippen molar-refractivity contribution in [2.45, 2.75) is 38.6 Å². The van der Waals surface area contributed by atoms with Gasteiger partial charge in [-0.15, -0.1) is 0 Å². The Morgan fingerprint density at radius 3 is 2.50 bits per heavy atom. The molecular formula is C22H31N3O4S. The van der Waals surface area contributed by atoms with Gasteiger partial charge >= 0.3 is 0 Å². The van der Waals surface area contributed by atoms with Crippen LogP contribution in [0.1, 0.15) is 36.7 Å². The van der Waals surface area contributed by atoms with Gasteiger partial charge in [0.15, 0.2) is 0 Å². The van der Waals surface area contributed by atoms with E-state index >= 15 is 0 Å². The van der Waals surface area contributed by atoms with E-state index in [4.69, 9.17) is 4.74 Å². The van der Waals surface area contributed by atoms with Crippen molar-refractivity contribution in [3.8, 4) is 5.75 Å². The number of sulfonamides is 1. The van der Waals surface area contributed by atoms with Crippen LogP contribution in [0.3, 0.4) is 0 Å². The predicted molar refractivity (Wildman–Crippen MR) is 120 cm³/mol. The van der Waals surface area contributed by atoms with Gasteiger partial charge in [0.05, 0.1) is 17.7 Å². The highest BCUT2D eigenvalue weighted by Gasteiger charge is 2.21. The van der Waals surface area contributed by atoms with Gasteiger partial charge in [-0.3, -0.25) is 14.4 Å². The summed E-state index contributed by atoms with van der Waals surface area (Å²) in [5.41, 5.74) is 1.18. The van der Waals surface area contributed by atoms with Crippen LogP contribution in [0, 0.1) is 6.92 Å². The highest BCUT2D eigenvalue weighted by molar-refractivity contribution is 7.92. The first-order valence-corrected chi connectivity index (χ1v) is 11.5. The topological polar surface area (TPSA) is 87.7 Å². The Balaban J connectivity index is 2.18. The van der Waals surface area contributed by atoms with Gasteiger partial charge in [-0.25, -0.2) is 8.42 Å². The van der Waals surface area contributed by atoms with Crippen molar-refractivity contribution in [2.24, 2.45) is 0 Å². The lowest BCUT2D eigenvalue weighted by molar-refractivity contribution is 0.0945. The first-order valence-electron chi connectivity index (χ1n) is 9.98. The minimum Gasteiger partial charge on any atom is -0.495 e. The number of hydrogen-bond donors (Lipinski definition) is 2. The Morgan fingerprint density at radius 2 is 1.87 bits per heavy atom. The van der Waals surface area contributed by atoms with Gasteiger partial charge in [-0.2, -0.15) is 0 Å². The fraction of sp³-hybridized carbons (Fsp3) is 0.409. The van der Waals surface area contributed by atoms with Crippen molar-refractivity contribution in [2.75, 3.05) is 31.5 Å². The number of ether oxygens (including phenoxy) is 1. The van der Waals surface area contributed by atoms with Crippen LogP contribution in [0.25, 0.3) is 0 Å². The van der Waals surface area contributed by atoms with Crippen LogP contribution in [-0.2, 0) is 10.0 Å². The summed E-state index contributed by atoms with van der Waals surface area (Å²) in [5.74, 6) is 0.113. The third-order valence-corrected chi connectivity index (χ3v) is 6.42. The summed E-state index contributed by atoms with van der Waals surface area (Å²) in [6, 6.07) is 11.8. The van der Waals surface area contributed by atoms with Crippen LogP contribution in [0.4, 0.5) is 5.69 Å². The van der Waals surface area contributed by atoms with Gasteiger partial charge in [-0.05, 0) is 57.1 Å². The number of nitrogens with zero attached hydrogens (tertiary/aromatic N) is 1.